The number of aliphatic hydroxyl groups excluding tert-OH is 1. The highest BCUT2D eigenvalue weighted by Crippen LogP contribution is 2.22. The third-order valence-corrected chi connectivity index (χ3v) is 4.21. The minimum Gasteiger partial charge on any atom is -0.444 e. The molecular weight excluding hydrogens is 348 g/mol. The van der Waals surface area contributed by atoms with Gasteiger partial charge in [-0.05, 0) is 52.2 Å². The number of benzene rings is 1. The molecule has 1 heterocycles. The predicted molar refractivity (Wildman–Crippen MR) is 101 cm³/mol. The molecule has 0 atom stereocenters. The van der Waals surface area contributed by atoms with Crippen LogP contribution >= 0.6 is 0 Å². The van der Waals surface area contributed by atoms with E-state index in [1.165, 1.54) is 9.80 Å². The van der Waals surface area contributed by atoms with Crippen molar-refractivity contribution < 1.29 is 24.2 Å². The van der Waals surface area contributed by atoms with E-state index >= 15 is 0 Å². The van der Waals surface area contributed by atoms with Crippen LogP contribution in [0.1, 0.15) is 60.7 Å². The molecule has 0 fully saturated rings. The Balaban J connectivity index is 1.77. The van der Waals surface area contributed by atoms with Crippen LogP contribution in [-0.2, 0) is 4.74 Å². The van der Waals surface area contributed by atoms with Gasteiger partial charge in [0.2, 0.25) is 0 Å². The Hall–Kier alpha value is -2.41. The molecule has 27 heavy (non-hydrogen) atoms. The highest BCUT2D eigenvalue weighted by Gasteiger charge is 2.34. The molecule has 0 unspecified atom stereocenters. The predicted octanol–water partition coefficient (Wildman–Crippen LogP) is 2.68. The van der Waals surface area contributed by atoms with Crippen molar-refractivity contribution in [3.8, 4) is 0 Å². The maximum absolute atomic E-state index is 12.3. The van der Waals surface area contributed by atoms with E-state index in [4.69, 9.17) is 9.84 Å². The second-order valence-electron chi connectivity index (χ2n) is 7.56. The number of fused-ring (bicyclic) bond motifs is 1. The van der Waals surface area contributed by atoms with E-state index in [1.807, 2.05) is 0 Å². The van der Waals surface area contributed by atoms with Gasteiger partial charge in [-0.15, -0.1) is 0 Å². The second-order valence-corrected chi connectivity index (χ2v) is 7.56. The van der Waals surface area contributed by atoms with E-state index in [0.29, 0.717) is 37.1 Å². The number of rotatable bonds is 8. The molecule has 1 aromatic rings. The van der Waals surface area contributed by atoms with Gasteiger partial charge < -0.3 is 14.7 Å². The molecule has 1 aliphatic rings. The van der Waals surface area contributed by atoms with Gasteiger partial charge in [0.15, 0.2) is 0 Å². The van der Waals surface area contributed by atoms with E-state index in [-0.39, 0.29) is 25.0 Å². The number of carbonyl (C=O) groups excluding carboxylic acids is 3. The number of unbranched alkanes of at least 4 members (excludes halogenated alkanes) is 2. The molecule has 7 heteroatoms. The first-order chi connectivity index (χ1) is 12.7. The fraction of sp³-hybridized carbons (Fsp3) is 0.550. The van der Waals surface area contributed by atoms with E-state index in [1.54, 1.807) is 45.0 Å². The Bertz CT molecular complexity index is 661. The van der Waals surface area contributed by atoms with Crippen LogP contribution in [0.3, 0.4) is 0 Å². The minimum atomic E-state index is -0.587. The first-order valence-electron chi connectivity index (χ1n) is 9.28. The number of carbonyl (C=O) groups is 3. The number of imide groups is 1. The summed E-state index contributed by atoms with van der Waals surface area (Å²) in [6, 6.07) is 6.84. The summed E-state index contributed by atoms with van der Waals surface area (Å²) >= 11 is 0. The maximum Gasteiger partial charge on any atom is 0.410 e. The Morgan fingerprint density at radius 3 is 2.15 bits per heavy atom. The van der Waals surface area contributed by atoms with E-state index in [2.05, 4.69) is 0 Å². The van der Waals surface area contributed by atoms with Crippen LogP contribution in [0.4, 0.5) is 4.79 Å². The number of aliphatic hydroxyl groups is 1. The molecule has 1 aromatic carbocycles. The minimum absolute atomic E-state index is 0.131. The van der Waals surface area contributed by atoms with Gasteiger partial charge in [0.25, 0.3) is 11.8 Å². The van der Waals surface area contributed by atoms with Crippen LogP contribution < -0.4 is 0 Å². The normalized spacial score (nSPS) is 13.7. The zero-order chi connectivity index (χ0) is 20.0. The van der Waals surface area contributed by atoms with Crippen molar-refractivity contribution in [2.24, 2.45) is 0 Å². The largest absolute Gasteiger partial charge is 0.444 e. The molecule has 0 spiro atoms. The SMILES string of the molecule is CC(C)(C)OC(=O)N(CCO)CCCCCN1C(=O)c2ccccc2C1=O. The summed E-state index contributed by atoms with van der Waals surface area (Å²) in [7, 11) is 0. The summed E-state index contributed by atoms with van der Waals surface area (Å²) in [5, 5.41) is 9.14. The average Bonchev–Trinajstić information content (AvgIpc) is 2.84. The van der Waals surface area contributed by atoms with Gasteiger partial charge in [0.05, 0.1) is 17.7 Å². The number of hydrogen-bond donors (Lipinski definition) is 1. The van der Waals surface area contributed by atoms with Crippen LogP contribution in [0, 0.1) is 0 Å². The summed E-state index contributed by atoms with van der Waals surface area (Å²) in [5.41, 5.74) is 0.332. The lowest BCUT2D eigenvalue weighted by Gasteiger charge is -2.27. The third kappa shape index (κ3) is 5.53. The van der Waals surface area contributed by atoms with Crippen molar-refractivity contribution in [3.63, 3.8) is 0 Å². The third-order valence-electron chi connectivity index (χ3n) is 4.21. The van der Waals surface area contributed by atoms with Crippen LogP contribution in [0.5, 0.6) is 0 Å². The first-order valence-corrected chi connectivity index (χ1v) is 9.28. The van der Waals surface area contributed by atoms with E-state index in [0.717, 1.165) is 6.42 Å². The van der Waals surface area contributed by atoms with Gasteiger partial charge in [-0.2, -0.15) is 0 Å². The summed E-state index contributed by atoms with van der Waals surface area (Å²) in [5.74, 6) is -0.488. The van der Waals surface area contributed by atoms with E-state index in [9.17, 15) is 14.4 Å². The van der Waals surface area contributed by atoms with Crippen molar-refractivity contribution in [2.45, 2.75) is 45.6 Å². The number of ether oxygens (including phenoxy) is 1. The van der Waals surface area contributed by atoms with Gasteiger partial charge in [-0.1, -0.05) is 12.1 Å². The molecule has 2 rings (SSSR count). The molecule has 7 nitrogen and oxygen atoms in total. The quantitative estimate of drug-likeness (QED) is 0.557. The average molecular weight is 376 g/mol. The second kappa shape index (κ2) is 8.99. The van der Waals surface area contributed by atoms with Gasteiger partial charge >= 0.3 is 6.09 Å². The maximum atomic E-state index is 12.3. The molecule has 0 aliphatic carbocycles. The van der Waals surface area contributed by atoms with E-state index < -0.39 is 11.7 Å². The summed E-state index contributed by atoms with van der Waals surface area (Å²) in [6.07, 6.45) is 1.66. The van der Waals surface area contributed by atoms with Crippen LogP contribution in [0.2, 0.25) is 0 Å². The molecule has 0 radical (unpaired) electrons. The number of hydrogen-bond acceptors (Lipinski definition) is 5. The van der Waals surface area contributed by atoms with Crippen LogP contribution in [-0.4, -0.2) is 64.7 Å². The fourth-order valence-corrected chi connectivity index (χ4v) is 2.93. The Morgan fingerprint density at radius 1 is 1.04 bits per heavy atom. The molecule has 0 saturated carbocycles. The van der Waals surface area contributed by atoms with Crippen molar-refractivity contribution in [1.29, 1.82) is 0 Å². The molecule has 148 valence electrons. The lowest BCUT2D eigenvalue weighted by atomic mass is 10.1. The monoisotopic (exact) mass is 376 g/mol. The van der Waals surface area contributed by atoms with Gasteiger partial charge in [0.1, 0.15) is 5.60 Å². The Kier molecular flexibility index (Phi) is 6.96. The molecule has 3 amide bonds. The number of amides is 3. The molecule has 0 bridgehead atoms. The van der Waals surface area contributed by atoms with Crippen molar-refractivity contribution in [1.82, 2.24) is 9.80 Å². The van der Waals surface area contributed by atoms with Crippen molar-refractivity contribution in [2.75, 3.05) is 26.2 Å². The molecular formula is C20H28N2O5. The first kappa shape index (κ1) is 20.9. The number of nitrogens with zero attached hydrogens (tertiary/aromatic N) is 2. The van der Waals surface area contributed by atoms with Gasteiger partial charge in [-0.25, -0.2) is 4.79 Å². The Labute approximate surface area is 159 Å². The standard InChI is InChI=1S/C20H28N2O5/c1-20(2,3)27-19(26)21(13-14-23)11-7-4-8-12-22-17(24)15-9-5-6-10-16(15)18(22)25/h5-6,9-10,23H,4,7-8,11-14H2,1-3H3. The Morgan fingerprint density at radius 2 is 1.63 bits per heavy atom. The fourth-order valence-electron chi connectivity index (χ4n) is 2.93. The highest BCUT2D eigenvalue weighted by atomic mass is 16.6. The van der Waals surface area contributed by atoms with Crippen LogP contribution in [0.25, 0.3) is 0 Å². The zero-order valence-corrected chi connectivity index (χ0v) is 16.2. The van der Waals surface area contributed by atoms with Gasteiger partial charge in [-0.3, -0.25) is 14.5 Å². The summed E-state index contributed by atoms with van der Waals surface area (Å²) in [4.78, 5) is 39.5. The molecule has 1 aliphatic heterocycles. The molecule has 0 aromatic heterocycles. The van der Waals surface area contributed by atoms with Crippen molar-refractivity contribution >= 4 is 17.9 Å². The lowest BCUT2D eigenvalue weighted by Crippen LogP contribution is -2.39. The van der Waals surface area contributed by atoms with Gasteiger partial charge in [0, 0.05) is 19.6 Å². The summed E-state index contributed by atoms with van der Waals surface area (Å²) < 4.78 is 5.33. The lowest BCUT2D eigenvalue weighted by molar-refractivity contribution is 0.0215. The van der Waals surface area contributed by atoms with Crippen LogP contribution in [0.15, 0.2) is 24.3 Å². The molecule has 0 saturated heterocycles. The highest BCUT2D eigenvalue weighted by molar-refractivity contribution is 6.21. The smallest absolute Gasteiger partial charge is 0.410 e. The van der Waals surface area contributed by atoms with Crippen molar-refractivity contribution in [3.05, 3.63) is 35.4 Å². The summed E-state index contributed by atoms with van der Waals surface area (Å²) in [6.45, 7) is 6.29. The molecule has 1 N–H and O–H groups in total. The zero-order valence-electron chi connectivity index (χ0n) is 16.2. The topological polar surface area (TPSA) is 87.2 Å².